The minimum absolute atomic E-state index is 0.132. The van der Waals surface area contributed by atoms with E-state index in [2.05, 4.69) is 310 Å². The fraction of sp³-hybridized carbons (Fsp3) is 0.203. The number of ether oxygens (including phenoxy) is 1. The van der Waals surface area contributed by atoms with Gasteiger partial charge in [0, 0.05) is 117 Å². The number of carbonyl (C=O) groups excluding carboxylic acids is 2. The first-order valence-corrected chi connectivity index (χ1v) is 31.4. The molecule has 0 radical (unpaired) electrons. The van der Waals surface area contributed by atoms with Crippen molar-refractivity contribution in [3.8, 4) is 272 Å². The first-order valence-electron chi connectivity index (χ1n) is 26.9. The summed E-state index contributed by atoms with van der Waals surface area (Å²) in [6, 6.07) is 13.3. The van der Waals surface area contributed by atoms with E-state index in [4.69, 9.17) is 17.6 Å². The van der Waals surface area contributed by atoms with Gasteiger partial charge in [0.2, 0.25) is 20.0 Å². The molecular weight excluding hydrogens is 1340 g/mol. The molecule has 0 saturated carbocycles. The van der Waals surface area contributed by atoms with Gasteiger partial charge in [0.25, 0.3) is 0 Å². The van der Waals surface area contributed by atoms with E-state index in [-0.39, 0.29) is 29.5 Å². The Kier molecular flexibility index (Phi) is 41.9. The molecule has 15 heteroatoms. The van der Waals surface area contributed by atoms with Crippen LogP contribution in [0, 0.1) is 292 Å². The van der Waals surface area contributed by atoms with E-state index < -0.39 is 20.0 Å². The summed E-state index contributed by atoms with van der Waals surface area (Å²) in [6.07, 6.45) is 16.5. The van der Waals surface area contributed by atoms with Crippen molar-refractivity contribution < 1.29 is 31.2 Å². The van der Waals surface area contributed by atoms with Crippen LogP contribution in [0.2, 0.25) is 0 Å². The second-order valence-electron chi connectivity index (χ2n) is 16.7. The lowest BCUT2D eigenvalue weighted by Gasteiger charge is -2.37. The van der Waals surface area contributed by atoms with Gasteiger partial charge in [0.1, 0.15) is 17.3 Å². The van der Waals surface area contributed by atoms with Crippen molar-refractivity contribution in [3.63, 3.8) is 0 Å². The number of nitrogens with one attached hydrogen (secondary N) is 2. The predicted octanol–water partition coefficient (Wildman–Crippen LogP) is 4.37. The summed E-state index contributed by atoms with van der Waals surface area (Å²) >= 11 is 6.58. The number of nitrogens with zero attached hydrogens (tertiary/aromatic N) is 2. The number of sulfonamides is 2. The molecular formula is C79H43Br2N4O7S2-3. The summed E-state index contributed by atoms with van der Waals surface area (Å²) in [4.78, 5) is 22.1. The number of hydrogen-bond acceptors (Lipinski definition) is 9. The van der Waals surface area contributed by atoms with Gasteiger partial charge in [-0.05, 0) is 245 Å². The minimum atomic E-state index is -3.44. The van der Waals surface area contributed by atoms with E-state index in [0.29, 0.717) is 56.1 Å². The maximum absolute atomic E-state index is 12.6. The molecule has 4 fully saturated rings. The van der Waals surface area contributed by atoms with Crippen LogP contribution in [-0.4, -0.2) is 95.2 Å². The second kappa shape index (κ2) is 50.6. The summed E-state index contributed by atoms with van der Waals surface area (Å²) in [6.45, 7) is 9.88. The molecule has 0 atom stereocenters. The van der Waals surface area contributed by atoms with E-state index in [1.165, 1.54) is 4.31 Å². The molecule has 2 N–H and O–H groups in total. The smallest absolute Gasteiger partial charge is 0.243 e. The van der Waals surface area contributed by atoms with Gasteiger partial charge in [-0.2, -0.15) is 15.5 Å². The predicted molar refractivity (Wildman–Crippen MR) is 369 cm³/mol. The lowest BCUT2D eigenvalue weighted by Crippen LogP contribution is -2.52. The monoisotopic (exact) mass is 1380 g/mol. The van der Waals surface area contributed by atoms with Crippen molar-refractivity contribution in [1.82, 2.24) is 19.2 Å². The zero-order valence-corrected chi connectivity index (χ0v) is 54.9. The molecule has 0 unspecified atom stereocenters. The Morgan fingerprint density at radius 2 is 0.691 bits per heavy atom. The van der Waals surface area contributed by atoms with E-state index in [9.17, 15) is 26.4 Å². The highest BCUT2D eigenvalue weighted by molar-refractivity contribution is 9.10. The van der Waals surface area contributed by atoms with Crippen molar-refractivity contribution in [2.24, 2.45) is 0 Å². The van der Waals surface area contributed by atoms with Gasteiger partial charge in [0.15, 0.2) is 0 Å². The van der Waals surface area contributed by atoms with Crippen molar-refractivity contribution in [3.05, 3.63) is 77.2 Å². The fourth-order valence-electron chi connectivity index (χ4n) is 6.53. The highest BCUT2D eigenvalue weighted by Gasteiger charge is 2.41. The number of halogens is 2. The topological polar surface area (TPSA) is 142 Å². The molecule has 2 aromatic rings. The van der Waals surface area contributed by atoms with Crippen molar-refractivity contribution >= 4 is 63.5 Å². The number of piperidine rings is 3. The van der Waals surface area contributed by atoms with Gasteiger partial charge >= 0.3 is 0 Å². The van der Waals surface area contributed by atoms with Crippen LogP contribution < -0.4 is 10.6 Å². The molecule has 4 aliphatic heterocycles. The fourth-order valence-corrected chi connectivity index (χ4v) is 9.95. The third-order valence-corrected chi connectivity index (χ3v) is 15.5. The van der Waals surface area contributed by atoms with Gasteiger partial charge in [-0.1, -0.05) is 37.8 Å². The van der Waals surface area contributed by atoms with Crippen LogP contribution in [0.3, 0.4) is 0 Å². The lowest BCUT2D eigenvalue weighted by atomic mass is 10.0. The Morgan fingerprint density at radius 3 is 0.947 bits per heavy atom. The Hall–Kier alpha value is -12.3. The average Bonchev–Trinajstić information content (AvgIpc) is 1.25. The molecule has 0 aromatic heterocycles. The summed E-state index contributed by atoms with van der Waals surface area (Å²) in [5.41, 5.74) is -0.300. The van der Waals surface area contributed by atoms with Crippen LogP contribution in [0.5, 0.6) is 0 Å². The van der Waals surface area contributed by atoms with E-state index in [1.807, 2.05) is 11.8 Å². The molecule has 0 bridgehead atoms. The zero-order chi connectivity index (χ0) is 68.3. The van der Waals surface area contributed by atoms with E-state index in [0.717, 1.165) is 41.4 Å². The van der Waals surface area contributed by atoms with E-state index >= 15 is 0 Å². The quantitative estimate of drug-likeness (QED) is 0.338. The largest absolute Gasteiger partial charge is 0.359 e. The molecule has 6 rings (SSSR count). The molecule has 4 aliphatic rings. The van der Waals surface area contributed by atoms with Crippen molar-refractivity contribution in [2.75, 3.05) is 52.4 Å². The normalized spacial score (nSPS) is 12.0. The van der Waals surface area contributed by atoms with Gasteiger partial charge in [-0.15, -0.1) is 17.8 Å². The van der Waals surface area contributed by atoms with Gasteiger partial charge in [-0.25, -0.2) is 34.6 Å². The first-order chi connectivity index (χ1) is 45.7. The third-order valence-electron chi connectivity index (χ3n) is 10.6. The number of benzene rings is 2. The van der Waals surface area contributed by atoms with Crippen LogP contribution in [-0.2, 0) is 34.4 Å². The average molecular weight is 1380 g/mol. The number of ketones is 2. The Balaban J connectivity index is 0.000000414. The molecule has 11 nitrogen and oxygen atoms in total. The SMILES string of the molecule is O=C1CCN(S(=O)(=O)c2ccc(Br)cc2)CC1.O=C1CCNCC1.O=S(=O)(c1ccc(Br)cc1)N1CCC2(CC1)NCCO2.[C-]#CC#CC#CC#CC#CC#CC#CC#CC#CC#CC#CC#CC.[C-]#CC#CC#CC#CC#CC#CC#CC#CC#CC#CC#CC#C[CH2-]. The van der Waals surface area contributed by atoms with E-state index in [1.54, 1.807) is 59.8 Å². The Bertz CT molecular complexity index is 4790. The Labute approximate surface area is 572 Å². The summed E-state index contributed by atoms with van der Waals surface area (Å²) in [7, 11) is -6.84. The van der Waals surface area contributed by atoms with Gasteiger partial charge in [0.05, 0.1) is 16.4 Å². The van der Waals surface area contributed by atoms with Crippen LogP contribution in [0.15, 0.2) is 67.3 Å². The third kappa shape index (κ3) is 37.6. The van der Waals surface area contributed by atoms with Crippen LogP contribution >= 0.6 is 31.9 Å². The number of hydrogen-bond donors (Lipinski definition) is 2. The van der Waals surface area contributed by atoms with Crippen molar-refractivity contribution in [1.29, 1.82) is 0 Å². The van der Waals surface area contributed by atoms with Crippen LogP contribution in [0.25, 0.3) is 0 Å². The molecule has 0 aliphatic carbocycles. The lowest BCUT2D eigenvalue weighted by molar-refractivity contribution is -0.121. The molecule has 0 amide bonds. The maximum atomic E-state index is 12.6. The summed E-state index contributed by atoms with van der Waals surface area (Å²) < 4.78 is 59.9. The highest BCUT2D eigenvalue weighted by atomic mass is 79.9. The number of Topliss-reactive ketones (excluding diaryl/α,β-unsaturated/α-hetero) is 2. The standard InChI is InChI=1S/C25H3.C25H2.C13H17BrN2O3S.C11H12BrNO3S.C5H9NO/c2*1-3-5-7-9-11-13-15-17-19-21-23-25-24-22-20-18-16-14-12-10-8-6-4-2;14-11-1-3-12(4-2-11)20(17,18)16-8-5-13(6-9-16)15-7-10-19-13;12-9-1-3-11(4-2-9)17(15,16)13-7-5-10(14)6-8-13;7-5-1-3-6-4-2-5/h1H3;1H2;1-4,15H,5-10H2;1-4H,5-8H2;6H,1-4H2/q-1;-2;;;. The second-order valence-corrected chi connectivity index (χ2v) is 22.4. The molecule has 2 aromatic carbocycles. The van der Waals surface area contributed by atoms with Crippen LogP contribution in [0.1, 0.15) is 45.4 Å². The summed E-state index contributed by atoms with van der Waals surface area (Å²) in [5.74, 6) is 113. The van der Waals surface area contributed by atoms with Gasteiger partial charge in [-0.3, -0.25) is 32.7 Å². The molecule has 1 spiro atoms. The zero-order valence-electron chi connectivity index (χ0n) is 50.0. The van der Waals surface area contributed by atoms with Crippen LogP contribution in [0.4, 0.5) is 0 Å². The Morgan fingerprint density at radius 1 is 0.415 bits per heavy atom. The number of carbonyl (C=O) groups is 2. The molecule has 4 heterocycles. The molecule has 450 valence electrons. The minimum Gasteiger partial charge on any atom is -0.359 e. The van der Waals surface area contributed by atoms with Gasteiger partial charge < -0.3 is 22.9 Å². The number of rotatable bonds is 4. The highest BCUT2D eigenvalue weighted by Crippen LogP contribution is 2.30. The summed E-state index contributed by atoms with van der Waals surface area (Å²) in [5, 5.41) is 6.44. The van der Waals surface area contributed by atoms with Crippen molar-refractivity contribution in [2.45, 2.75) is 61.0 Å². The molecule has 4 saturated heterocycles. The first kappa shape index (κ1) is 77.8. The molecule has 94 heavy (non-hydrogen) atoms. The maximum Gasteiger partial charge on any atom is 0.243 e.